The number of ether oxygens (including phenoxy) is 1. The molecule has 2 aromatic rings. The van der Waals surface area contributed by atoms with Crippen molar-refractivity contribution in [1.29, 1.82) is 0 Å². The number of hydrogen-bond donors (Lipinski definition) is 1. The van der Waals surface area contributed by atoms with Gasteiger partial charge in [0.1, 0.15) is 0 Å². The van der Waals surface area contributed by atoms with Gasteiger partial charge in [-0.05, 0) is 66.3 Å². The van der Waals surface area contributed by atoms with Gasteiger partial charge in [0.25, 0.3) is 0 Å². The van der Waals surface area contributed by atoms with Crippen molar-refractivity contribution in [3.05, 3.63) is 23.8 Å². The summed E-state index contributed by atoms with van der Waals surface area (Å²) in [5, 5.41) is 12.3. The van der Waals surface area contributed by atoms with E-state index in [9.17, 15) is 0 Å². The van der Waals surface area contributed by atoms with E-state index in [2.05, 4.69) is 21.6 Å². The number of nitrogens with two attached hydrogens (primary N) is 1. The lowest BCUT2D eigenvalue weighted by Crippen LogP contribution is -2.23. The Morgan fingerprint density at radius 2 is 2.10 bits per heavy atom. The standard InChI is InChI=1S/C15H19N5O/c1-9-6-11(8-12(16)7-9)15-17-18-19-20(15)13-4-5-21-14(13)10-2-3-10/h6-8,10,13-14H,2-5,16H2,1H3. The third-order valence-electron chi connectivity index (χ3n) is 4.35. The van der Waals surface area contributed by atoms with Crippen LogP contribution in [0.2, 0.25) is 0 Å². The predicted octanol–water partition coefficient (Wildman–Crippen LogP) is 1.97. The fraction of sp³-hybridized carbons (Fsp3) is 0.533. The van der Waals surface area contributed by atoms with Crippen molar-refractivity contribution < 1.29 is 4.74 Å². The summed E-state index contributed by atoms with van der Waals surface area (Å²) in [6.07, 6.45) is 3.75. The monoisotopic (exact) mass is 285 g/mol. The Hall–Kier alpha value is -1.95. The van der Waals surface area contributed by atoms with E-state index in [4.69, 9.17) is 10.5 Å². The Bertz CT molecular complexity index is 644. The van der Waals surface area contributed by atoms with E-state index in [-0.39, 0.29) is 12.1 Å². The van der Waals surface area contributed by atoms with Gasteiger partial charge in [-0.25, -0.2) is 4.68 Å². The van der Waals surface area contributed by atoms with Crippen LogP contribution in [0, 0.1) is 12.8 Å². The minimum Gasteiger partial charge on any atom is -0.399 e. The van der Waals surface area contributed by atoms with E-state index < -0.39 is 0 Å². The number of benzene rings is 1. The third kappa shape index (κ3) is 2.29. The van der Waals surface area contributed by atoms with Crippen molar-refractivity contribution in [3.8, 4) is 11.4 Å². The molecule has 2 unspecified atom stereocenters. The van der Waals surface area contributed by atoms with Crippen LogP contribution in [0.1, 0.15) is 30.9 Å². The van der Waals surface area contributed by atoms with Crippen molar-refractivity contribution >= 4 is 5.69 Å². The first-order chi connectivity index (χ1) is 10.2. The molecule has 2 fully saturated rings. The summed E-state index contributed by atoms with van der Waals surface area (Å²) in [6.45, 7) is 2.82. The molecule has 6 nitrogen and oxygen atoms in total. The van der Waals surface area contributed by atoms with Gasteiger partial charge in [-0.2, -0.15) is 0 Å². The van der Waals surface area contributed by atoms with Crippen LogP contribution in [-0.4, -0.2) is 32.9 Å². The van der Waals surface area contributed by atoms with Crippen LogP contribution < -0.4 is 5.73 Å². The van der Waals surface area contributed by atoms with E-state index in [1.165, 1.54) is 12.8 Å². The Kier molecular flexibility index (Phi) is 2.92. The largest absolute Gasteiger partial charge is 0.399 e. The first-order valence-corrected chi connectivity index (χ1v) is 7.49. The number of aromatic nitrogens is 4. The van der Waals surface area contributed by atoms with Crippen LogP contribution in [0.4, 0.5) is 5.69 Å². The Labute approximate surface area is 123 Å². The highest BCUT2D eigenvalue weighted by Crippen LogP contribution is 2.43. The predicted molar refractivity (Wildman–Crippen MR) is 78.5 cm³/mol. The molecule has 21 heavy (non-hydrogen) atoms. The number of aryl methyl sites for hydroxylation is 1. The highest BCUT2D eigenvalue weighted by molar-refractivity contribution is 5.62. The molecule has 1 aliphatic heterocycles. The Morgan fingerprint density at radius 1 is 1.24 bits per heavy atom. The molecule has 1 saturated carbocycles. The van der Waals surface area contributed by atoms with Crippen LogP contribution in [0.5, 0.6) is 0 Å². The zero-order chi connectivity index (χ0) is 14.4. The molecule has 1 aliphatic carbocycles. The zero-order valence-electron chi connectivity index (χ0n) is 12.1. The third-order valence-corrected chi connectivity index (χ3v) is 4.35. The summed E-state index contributed by atoms with van der Waals surface area (Å²) in [4.78, 5) is 0. The summed E-state index contributed by atoms with van der Waals surface area (Å²) in [6, 6.07) is 6.19. The summed E-state index contributed by atoms with van der Waals surface area (Å²) in [5.41, 5.74) is 8.77. The normalized spacial score (nSPS) is 25.4. The molecule has 0 amide bonds. The van der Waals surface area contributed by atoms with Gasteiger partial charge in [-0.1, -0.05) is 0 Å². The number of nitrogens with zero attached hydrogens (tertiary/aromatic N) is 4. The topological polar surface area (TPSA) is 78.9 Å². The molecule has 2 aliphatic rings. The number of hydrogen-bond acceptors (Lipinski definition) is 5. The Morgan fingerprint density at radius 3 is 2.86 bits per heavy atom. The molecule has 1 aromatic heterocycles. The summed E-state index contributed by atoms with van der Waals surface area (Å²) in [7, 11) is 0. The number of tetrazole rings is 1. The highest BCUT2D eigenvalue weighted by atomic mass is 16.5. The molecule has 0 radical (unpaired) electrons. The van der Waals surface area contributed by atoms with Gasteiger partial charge in [0, 0.05) is 17.9 Å². The molecule has 110 valence electrons. The van der Waals surface area contributed by atoms with Crippen LogP contribution in [0.25, 0.3) is 11.4 Å². The lowest BCUT2D eigenvalue weighted by atomic mass is 10.1. The molecular formula is C15H19N5O. The maximum atomic E-state index is 5.95. The molecule has 2 atom stereocenters. The fourth-order valence-electron chi connectivity index (χ4n) is 3.29. The molecule has 1 saturated heterocycles. The molecule has 1 aromatic carbocycles. The molecule has 0 spiro atoms. The lowest BCUT2D eigenvalue weighted by molar-refractivity contribution is 0.0725. The highest BCUT2D eigenvalue weighted by Gasteiger charge is 2.42. The van der Waals surface area contributed by atoms with Crippen molar-refractivity contribution in [3.63, 3.8) is 0 Å². The van der Waals surface area contributed by atoms with E-state index in [1.807, 2.05) is 23.7 Å². The summed E-state index contributed by atoms with van der Waals surface area (Å²) in [5.74, 6) is 1.46. The number of nitrogen functional groups attached to an aromatic ring is 1. The second-order valence-electron chi connectivity index (χ2n) is 6.11. The second kappa shape index (κ2) is 4.80. The average Bonchev–Trinajstić information content (AvgIpc) is 3.00. The average molecular weight is 285 g/mol. The molecule has 2 N–H and O–H groups in total. The lowest BCUT2D eigenvalue weighted by Gasteiger charge is -2.19. The van der Waals surface area contributed by atoms with E-state index >= 15 is 0 Å². The van der Waals surface area contributed by atoms with Gasteiger partial charge in [0.2, 0.25) is 0 Å². The molecule has 4 rings (SSSR count). The fourth-order valence-corrected chi connectivity index (χ4v) is 3.29. The quantitative estimate of drug-likeness (QED) is 0.872. The molecule has 0 bridgehead atoms. The van der Waals surface area contributed by atoms with Crippen molar-refractivity contribution in [1.82, 2.24) is 20.2 Å². The van der Waals surface area contributed by atoms with Crippen LogP contribution in [0.15, 0.2) is 18.2 Å². The molecular weight excluding hydrogens is 266 g/mol. The van der Waals surface area contributed by atoms with Gasteiger partial charge in [-0.15, -0.1) is 5.10 Å². The van der Waals surface area contributed by atoms with Crippen LogP contribution in [-0.2, 0) is 4.74 Å². The number of rotatable bonds is 3. The SMILES string of the molecule is Cc1cc(N)cc(-c2nnnn2C2CCOC2C2CC2)c1. The second-order valence-corrected chi connectivity index (χ2v) is 6.11. The van der Waals surface area contributed by atoms with E-state index in [1.54, 1.807) is 0 Å². The molecule has 2 heterocycles. The first kappa shape index (κ1) is 12.8. The molecule has 6 heteroatoms. The maximum Gasteiger partial charge on any atom is 0.182 e. The summed E-state index contributed by atoms with van der Waals surface area (Å²) >= 11 is 0. The minimum atomic E-state index is 0.240. The maximum absolute atomic E-state index is 5.95. The van der Waals surface area contributed by atoms with Gasteiger partial charge in [0.05, 0.1) is 12.1 Å². The minimum absolute atomic E-state index is 0.240. The van der Waals surface area contributed by atoms with E-state index in [0.29, 0.717) is 5.92 Å². The van der Waals surface area contributed by atoms with Gasteiger partial charge < -0.3 is 10.5 Å². The summed E-state index contributed by atoms with van der Waals surface area (Å²) < 4.78 is 7.85. The number of anilines is 1. The smallest absolute Gasteiger partial charge is 0.182 e. The van der Waals surface area contributed by atoms with Crippen molar-refractivity contribution in [2.75, 3.05) is 12.3 Å². The van der Waals surface area contributed by atoms with Gasteiger partial charge in [0.15, 0.2) is 5.82 Å². The van der Waals surface area contributed by atoms with Crippen LogP contribution in [0.3, 0.4) is 0 Å². The van der Waals surface area contributed by atoms with Crippen LogP contribution >= 0.6 is 0 Å². The zero-order valence-corrected chi connectivity index (χ0v) is 12.1. The first-order valence-electron chi connectivity index (χ1n) is 7.49. The Balaban J connectivity index is 1.73. The van der Waals surface area contributed by atoms with Crippen molar-refractivity contribution in [2.45, 2.75) is 38.3 Å². The van der Waals surface area contributed by atoms with E-state index in [0.717, 1.165) is 35.7 Å². The van der Waals surface area contributed by atoms with Crippen molar-refractivity contribution in [2.24, 2.45) is 5.92 Å². The van der Waals surface area contributed by atoms with Gasteiger partial charge >= 0.3 is 0 Å². The van der Waals surface area contributed by atoms with Gasteiger partial charge in [-0.3, -0.25) is 0 Å².